The van der Waals surface area contributed by atoms with Gasteiger partial charge in [-0.05, 0) is 41.7 Å². The number of rotatable bonds is 8. The van der Waals surface area contributed by atoms with Crippen LogP contribution in [0.4, 0.5) is 4.39 Å². The molecule has 0 atom stereocenters. The maximum absolute atomic E-state index is 14.5. The van der Waals surface area contributed by atoms with Crippen molar-refractivity contribution in [2.24, 2.45) is 0 Å². The zero-order valence-corrected chi connectivity index (χ0v) is 15.3. The van der Waals surface area contributed by atoms with Crippen LogP contribution in [-0.4, -0.2) is 17.7 Å². The number of carbonyl (C=O) groups excluding carboxylic acids is 1. The third kappa shape index (κ3) is 5.02. The van der Waals surface area contributed by atoms with E-state index in [1.165, 1.54) is 0 Å². The summed E-state index contributed by atoms with van der Waals surface area (Å²) in [5.41, 5.74) is 4.15. The molecule has 0 aliphatic rings. The van der Waals surface area contributed by atoms with Crippen LogP contribution in [0.3, 0.4) is 0 Å². The third-order valence-corrected chi connectivity index (χ3v) is 4.21. The number of aliphatic hydroxyl groups excluding tert-OH is 1. The van der Waals surface area contributed by atoms with Crippen molar-refractivity contribution >= 4 is 5.97 Å². The van der Waals surface area contributed by atoms with Crippen molar-refractivity contribution in [3.05, 3.63) is 71.1 Å². The Balaban J connectivity index is 2.23. The van der Waals surface area contributed by atoms with E-state index in [-0.39, 0.29) is 19.0 Å². The van der Waals surface area contributed by atoms with E-state index in [4.69, 9.17) is 4.74 Å². The molecule has 0 aliphatic heterocycles. The Hall–Kier alpha value is -2.46. The molecule has 3 nitrogen and oxygen atoms in total. The molecule has 0 aliphatic carbocycles. The molecule has 4 heteroatoms. The molecule has 2 aromatic rings. The summed E-state index contributed by atoms with van der Waals surface area (Å²) in [5, 5.41) is 9.53. The number of halogens is 1. The predicted octanol–water partition coefficient (Wildman–Crippen LogP) is 4.60. The molecule has 0 saturated carbocycles. The normalized spacial score (nSPS) is 10.6. The van der Waals surface area contributed by atoms with E-state index in [9.17, 15) is 14.3 Å². The highest BCUT2D eigenvalue weighted by atomic mass is 19.1. The van der Waals surface area contributed by atoms with Gasteiger partial charge in [0.15, 0.2) is 0 Å². The van der Waals surface area contributed by atoms with Gasteiger partial charge in [-0.3, -0.25) is 0 Å². The number of carbonyl (C=O) groups is 1. The number of ether oxygens (including phenoxy) is 1. The molecule has 0 radical (unpaired) electrons. The van der Waals surface area contributed by atoms with Gasteiger partial charge in [-0.1, -0.05) is 50.3 Å². The van der Waals surface area contributed by atoms with Crippen LogP contribution in [0.25, 0.3) is 11.1 Å². The van der Waals surface area contributed by atoms with Crippen molar-refractivity contribution < 1.29 is 19.0 Å². The predicted molar refractivity (Wildman–Crippen MR) is 101 cm³/mol. The minimum atomic E-state index is -0.440. The van der Waals surface area contributed by atoms with E-state index in [2.05, 4.69) is 13.5 Å². The summed E-state index contributed by atoms with van der Waals surface area (Å²) in [6, 6.07) is 10.7. The number of hydrogen-bond donors (Lipinski definition) is 1. The maximum Gasteiger partial charge on any atom is 0.333 e. The van der Waals surface area contributed by atoms with E-state index in [1.54, 1.807) is 31.2 Å². The standard InChI is InChI=1S/C22H25FO3/c1-4-5-16-6-9-20(21(23)12-16)18-7-8-19(14-24)17(13-18)10-11-26-22(25)15(2)3/h6-9,12-13,24H,2,4-5,10-11,14H2,1,3H3. The molecule has 138 valence electrons. The summed E-state index contributed by atoms with van der Waals surface area (Å²) in [7, 11) is 0. The van der Waals surface area contributed by atoms with E-state index in [0.29, 0.717) is 17.6 Å². The van der Waals surface area contributed by atoms with E-state index in [1.807, 2.05) is 12.1 Å². The molecular formula is C22H25FO3. The van der Waals surface area contributed by atoms with Crippen LogP contribution in [0, 0.1) is 5.82 Å². The van der Waals surface area contributed by atoms with Gasteiger partial charge in [-0.2, -0.15) is 0 Å². The molecule has 0 unspecified atom stereocenters. The SMILES string of the molecule is C=C(C)C(=O)OCCc1cc(-c2ccc(CCC)cc2F)ccc1CO. The number of aryl methyl sites for hydroxylation is 1. The quantitative estimate of drug-likeness (QED) is 0.555. The van der Waals surface area contributed by atoms with Crippen molar-refractivity contribution in [2.45, 2.75) is 39.7 Å². The van der Waals surface area contributed by atoms with Crippen LogP contribution in [0.1, 0.15) is 37.0 Å². The molecule has 0 spiro atoms. The van der Waals surface area contributed by atoms with E-state index in [0.717, 1.165) is 35.1 Å². The summed E-state index contributed by atoms with van der Waals surface area (Å²) in [4.78, 5) is 11.5. The highest BCUT2D eigenvalue weighted by molar-refractivity contribution is 5.86. The zero-order chi connectivity index (χ0) is 19.1. The van der Waals surface area contributed by atoms with Gasteiger partial charge in [0.2, 0.25) is 0 Å². The minimum absolute atomic E-state index is 0.123. The lowest BCUT2D eigenvalue weighted by molar-refractivity contribution is -0.138. The fraction of sp³-hybridized carbons (Fsp3) is 0.318. The van der Waals surface area contributed by atoms with Gasteiger partial charge in [0.05, 0.1) is 13.2 Å². The minimum Gasteiger partial charge on any atom is -0.462 e. The highest BCUT2D eigenvalue weighted by Crippen LogP contribution is 2.27. The molecule has 2 rings (SSSR count). The van der Waals surface area contributed by atoms with Crippen molar-refractivity contribution in [3.8, 4) is 11.1 Å². The molecule has 1 N–H and O–H groups in total. The van der Waals surface area contributed by atoms with Crippen molar-refractivity contribution in [2.75, 3.05) is 6.61 Å². The Morgan fingerprint density at radius 1 is 1.15 bits per heavy atom. The van der Waals surface area contributed by atoms with Crippen LogP contribution in [0.15, 0.2) is 48.6 Å². The molecule has 26 heavy (non-hydrogen) atoms. The second-order valence-corrected chi connectivity index (χ2v) is 6.37. The van der Waals surface area contributed by atoms with Gasteiger partial charge in [0.1, 0.15) is 5.82 Å². The molecule has 0 heterocycles. The molecular weight excluding hydrogens is 331 g/mol. The maximum atomic E-state index is 14.5. The van der Waals surface area contributed by atoms with Crippen molar-refractivity contribution in [1.29, 1.82) is 0 Å². The Labute approximate surface area is 154 Å². The first-order chi connectivity index (χ1) is 12.5. The lowest BCUT2D eigenvalue weighted by atomic mass is 9.96. The van der Waals surface area contributed by atoms with Crippen LogP contribution >= 0.6 is 0 Å². The van der Waals surface area contributed by atoms with Gasteiger partial charge in [0.25, 0.3) is 0 Å². The van der Waals surface area contributed by atoms with E-state index >= 15 is 0 Å². The summed E-state index contributed by atoms with van der Waals surface area (Å²) in [6.07, 6.45) is 2.26. The lowest BCUT2D eigenvalue weighted by Gasteiger charge is -2.12. The molecule has 0 aromatic heterocycles. The van der Waals surface area contributed by atoms with Crippen LogP contribution in [-0.2, 0) is 29.0 Å². The third-order valence-electron chi connectivity index (χ3n) is 4.21. The largest absolute Gasteiger partial charge is 0.462 e. The average molecular weight is 356 g/mol. The van der Waals surface area contributed by atoms with Crippen molar-refractivity contribution in [1.82, 2.24) is 0 Å². The first-order valence-corrected chi connectivity index (χ1v) is 8.80. The number of hydrogen-bond acceptors (Lipinski definition) is 3. The number of aliphatic hydroxyl groups is 1. The fourth-order valence-corrected chi connectivity index (χ4v) is 2.79. The smallest absolute Gasteiger partial charge is 0.333 e. The Morgan fingerprint density at radius 2 is 1.92 bits per heavy atom. The molecule has 0 fully saturated rings. The molecule has 0 bridgehead atoms. The fourth-order valence-electron chi connectivity index (χ4n) is 2.79. The monoisotopic (exact) mass is 356 g/mol. The summed E-state index contributed by atoms with van der Waals surface area (Å²) < 4.78 is 19.6. The summed E-state index contributed by atoms with van der Waals surface area (Å²) in [6.45, 7) is 7.25. The van der Waals surface area contributed by atoms with Gasteiger partial charge < -0.3 is 9.84 Å². The summed E-state index contributed by atoms with van der Waals surface area (Å²) in [5.74, 6) is -0.698. The first kappa shape index (κ1) is 19.9. The lowest BCUT2D eigenvalue weighted by Crippen LogP contribution is -2.09. The Bertz CT molecular complexity index is 796. The van der Waals surface area contributed by atoms with Crippen LogP contribution in [0.5, 0.6) is 0 Å². The average Bonchev–Trinajstić information content (AvgIpc) is 2.62. The van der Waals surface area contributed by atoms with Crippen LogP contribution in [0.2, 0.25) is 0 Å². The summed E-state index contributed by atoms with van der Waals surface area (Å²) >= 11 is 0. The van der Waals surface area contributed by atoms with Gasteiger partial charge in [0, 0.05) is 17.6 Å². The topological polar surface area (TPSA) is 46.5 Å². The molecule has 2 aromatic carbocycles. The van der Waals surface area contributed by atoms with Gasteiger partial charge in [-0.25, -0.2) is 9.18 Å². The van der Waals surface area contributed by atoms with Crippen LogP contribution < -0.4 is 0 Å². The Kier molecular flexibility index (Phi) is 7.10. The molecule has 0 saturated heterocycles. The van der Waals surface area contributed by atoms with Gasteiger partial charge in [-0.15, -0.1) is 0 Å². The van der Waals surface area contributed by atoms with Crippen molar-refractivity contribution in [3.63, 3.8) is 0 Å². The second kappa shape index (κ2) is 9.30. The van der Waals surface area contributed by atoms with Gasteiger partial charge >= 0.3 is 5.97 Å². The number of esters is 1. The van der Waals surface area contributed by atoms with E-state index < -0.39 is 5.97 Å². The Morgan fingerprint density at radius 3 is 2.54 bits per heavy atom. The molecule has 0 amide bonds. The number of benzene rings is 2. The highest BCUT2D eigenvalue weighted by Gasteiger charge is 2.11. The second-order valence-electron chi connectivity index (χ2n) is 6.37. The zero-order valence-electron chi connectivity index (χ0n) is 15.3. The first-order valence-electron chi connectivity index (χ1n) is 8.80.